The number of aryl methyl sites for hydroxylation is 3. The molecule has 2 aromatic heterocycles. The van der Waals surface area contributed by atoms with Crippen LogP contribution in [0, 0.1) is 31.6 Å². The maximum absolute atomic E-state index is 6.59. The quantitative estimate of drug-likeness (QED) is 0.842. The molecule has 1 saturated heterocycles. The minimum Gasteiger partial charge on any atom is -0.382 e. The van der Waals surface area contributed by atoms with E-state index in [4.69, 9.17) is 14.5 Å². The van der Waals surface area contributed by atoms with E-state index in [2.05, 4.69) is 58.1 Å². The van der Waals surface area contributed by atoms with Gasteiger partial charge in [0.1, 0.15) is 11.9 Å². The highest BCUT2D eigenvalue weighted by molar-refractivity contribution is 5.87. The summed E-state index contributed by atoms with van der Waals surface area (Å²) in [5, 5.41) is 1.15. The van der Waals surface area contributed by atoms with Crippen molar-refractivity contribution in [1.29, 1.82) is 0 Å². The number of hydrogen-bond donors (Lipinski definition) is 0. The van der Waals surface area contributed by atoms with Crippen LogP contribution < -0.4 is 0 Å². The van der Waals surface area contributed by atoms with E-state index in [0.717, 1.165) is 28.1 Å². The third kappa shape index (κ3) is 2.43. The standard InChI is InChI=1S/C20H31N3O2/c1-11-15-12(2)23(8)17(16(15)22-13(3)21-11)18-20(6,7)19(4,5)14(25-18)10-24-9/h14,18H,10H2,1-9H3/t14-,18+/m1/s1. The second kappa shape index (κ2) is 5.78. The molecular weight excluding hydrogens is 314 g/mol. The maximum Gasteiger partial charge on any atom is 0.126 e. The average Bonchev–Trinajstić information content (AvgIpc) is 2.83. The Hall–Kier alpha value is -1.46. The van der Waals surface area contributed by atoms with Crippen molar-refractivity contribution in [2.45, 2.75) is 60.7 Å². The van der Waals surface area contributed by atoms with Crippen LogP contribution in [0.4, 0.5) is 0 Å². The molecule has 2 aromatic rings. The lowest BCUT2D eigenvalue weighted by Gasteiger charge is -2.38. The first-order valence-corrected chi connectivity index (χ1v) is 8.98. The van der Waals surface area contributed by atoms with Crippen molar-refractivity contribution in [3.05, 3.63) is 22.9 Å². The molecule has 0 spiro atoms. The van der Waals surface area contributed by atoms with Gasteiger partial charge in [-0.1, -0.05) is 27.7 Å². The van der Waals surface area contributed by atoms with Gasteiger partial charge in [-0.25, -0.2) is 9.97 Å². The third-order valence-corrected chi connectivity index (χ3v) is 6.66. The van der Waals surface area contributed by atoms with E-state index in [1.54, 1.807) is 7.11 Å². The first kappa shape index (κ1) is 18.3. The van der Waals surface area contributed by atoms with Crippen LogP contribution in [-0.4, -0.2) is 34.4 Å². The fourth-order valence-electron chi connectivity index (χ4n) is 4.20. The fraction of sp³-hybridized carbons (Fsp3) is 0.700. The van der Waals surface area contributed by atoms with Gasteiger partial charge in [0, 0.05) is 36.1 Å². The van der Waals surface area contributed by atoms with Crippen molar-refractivity contribution in [3.63, 3.8) is 0 Å². The summed E-state index contributed by atoms with van der Waals surface area (Å²) < 4.78 is 14.3. The fourth-order valence-corrected chi connectivity index (χ4v) is 4.20. The summed E-state index contributed by atoms with van der Waals surface area (Å²) in [6.45, 7) is 15.9. The van der Waals surface area contributed by atoms with Crippen LogP contribution in [0.25, 0.3) is 10.9 Å². The molecule has 0 aliphatic carbocycles. The minimum atomic E-state index is -0.0611. The van der Waals surface area contributed by atoms with Crippen LogP contribution in [0.1, 0.15) is 56.7 Å². The van der Waals surface area contributed by atoms with Gasteiger partial charge in [0.15, 0.2) is 0 Å². The normalized spacial score (nSPS) is 25.0. The Bertz CT molecular complexity index is 820. The van der Waals surface area contributed by atoms with Crippen LogP contribution in [0.3, 0.4) is 0 Å². The molecule has 1 aliphatic rings. The zero-order valence-corrected chi connectivity index (χ0v) is 17.0. The lowest BCUT2D eigenvalue weighted by molar-refractivity contribution is -0.0310. The van der Waals surface area contributed by atoms with Gasteiger partial charge in [-0.2, -0.15) is 0 Å². The van der Waals surface area contributed by atoms with Gasteiger partial charge in [-0.15, -0.1) is 0 Å². The molecule has 0 bridgehead atoms. The minimum absolute atomic E-state index is 0.0186. The Labute approximate surface area is 150 Å². The second-order valence-electron chi connectivity index (χ2n) is 8.51. The first-order chi connectivity index (χ1) is 11.5. The van der Waals surface area contributed by atoms with Gasteiger partial charge in [0.2, 0.25) is 0 Å². The topological polar surface area (TPSA) is 49.2 Å². The smallest absolute Gasteiger partial charge is 0.126 e. The monoisotopic (exact) mass is 345 g/mol. The molecular formula is C20H31N3O2. The van der Waals surface area contributed by atoms with Crippen LogP contribution in [-0.2, 0) is 16.5 Å². The first-order valence-electron chi connectivity index (χ1n) is 8.98. The Morgan fingerprint density at radius 2 is 1.72 bits per heavy atom. The Balaban J connectivity index is 2.25. The SMILES string of the molecule is COC[C@H]1O[C@@H](c2c3nc(C)nc(C)c3c(C)n2C)C(C)(C)C1(C)C. The van der Waals surface area contributed by atoms with Crippen LogP contribution in [0.2, 0.25) is 0 Å². The molecule has 0 N–H and O–H groups in total. The van der Waals surface area contributed by atoms with Crippen molar-refractivity contribution >= 4 is 10.9 Å². The number of rotatable bonds is 3. The number of hydrogen-bond acceptors (Lipinski definition) is 4. The molecule has 138 valence electrons. The number of fused-ring (bicyclic) bond motifs is 1. The Kier molecular flexibility index (Phi) is 4.24. The van der Waals surface area contributed by atoms with E-state index >= 15 is 0 Å². The zero-order valence-electron chi connectivity index (χ0n) is 17.0. The van der Waals surface area contributed by atoms with Crippen molar-refractivity contribution in [2.24, 2.45) is 17.9 Å². The van der Waals surface area contributed by atoms with E-state index in [-0.39, 0.29) is 23.0 Å². The number of nitrogens with zero attached hydrogens (tertiary/aromatic N) is 3. The summed E-state index contributed by atoms with van der Waals surface area (Å²) in [5.41, 5.74) is 4.32. The van der Waals surface area contributed by atoms with Gasteiger partial charge < -0.3 is 14.0 Å². The predicted octanol–water partition coefficient (Wildman–Crippen LogP) is 4.03. The Morgan fingerprint density at radius 1 is 1.08 bits per heavy atom. The van der Waals surface area contributed by atoms with Crippen molar-refractivity contribution < 1.29 is 9.47 Å². The predicted molar refractivity (Wildman–Crippen MR) is 99.8 cm³/mol. The van der Waals surface area contributed by atoms with E-state index in [9.17, 15) is 0 Å². The molecule has 0 unspecified atom stereocenters. The molecule has 0 saturated carbocycles. The van der Waals surface area contributed by atoms with Crippen molar-refractivity contribution in [1.82, 2.24) is 14.5 Å². The molecule has 0 radical (unpaired) electrons. The molecule has 3 rings (SSSR count). The number of methoxy groups -OCH3 is 1. The molecule has 5 nitrogen and oxygen atoms in total. The molecule has 25 heavy (non-hydrogen) atoms. The van der Waals surface area contributed by atoms with Crippen molar-refractivity contribution in [3.8, 4) is 0 Å². The van der Waals surface area contributed by atoms with Crippen LogP contribution >= 0.6 is 0 Å². The van der Waals surface area contributed by atoms with Gasteiger partial charge >= 0.3 is 0 Å². The lowest BCUT2D eigenvalue weighted by Crippen LogP contribution is -2.38. The molecule has 0 aromatic carbocycles. The van der Waals surface area contributed by atoms with E-state index in [1.807, 2.05) is 6.92 Å². The molecule has 3 heterocycles. The number of ether oxygens (including phenoxy) is 2. The largest absolute Gasteiger partial charge is 0.382 e. The molecule has 1 aliphatic heterocycles. The molecule has 5 heteroatoms. The highest BCUT2D eigenvalue weighted by atomic mass is 16.5. The highest BCUT2D eigenvalue weighted by Crippen LogP contribution is 2.59. The second-order valence-corrected chi connectivity index (χ2v) is 8.51. The summed E-state index contributed by atoms with van der Waals surface area (Å²) in [5.74, 6) is 0.806. The maximum atomic E-state index is 6.59. The van der Waals surface area contributed by atoms with Gasteiger partial charge in [0.05, 0.1) is 29.6 Å². The lowest BCUT2D eigenvalue weighted by atomic mass is 9.64. The molecule has 2 atom stereocenters. The summed E-state index contributed by atoms with van der Waals surface area (Å²) in [6.07, 6.45) is 0.00402. The summed E-state index contributed by atoms with van der Waals surface area (Å²) in [7, 11) is 3.85. The summed E-state index contributed by atoms with van der Waals surface area (Å²) >= 11 is 0. The third-order valence-electron chi connectivity index (χ3n) is 6.66. The molecule has 1 fully saturated rings. The summed E-state index contributed by atoms with van der Waals surface area (Å²) in [4.78, 5) is 9.37. The van der Waals surface area contributed by atoms with Crippen LogP contribution in [0.5, 0.6) is 0 Å². The average molecular weight is 345 g/mol. The Morgan fingerprint density at radius 3 is 2.32 bits per heavy atom. The number of aromatic nitrogens is 3. The van der Waals surface area contributed by atoms with Crippen molar-refractivity contribution in [2.75, 3.05) is 13.7 Å². The highest BCUT2D eigenvalue weighted by Gasteiger charge is 2.57. The molecule has 0 amide bonds. The van der Waals surface area contributed by atoms with E-state index in [1.165, 1.54) is 5.69 Å². The van der Waals surface area contributed by atoms with Crippen LogP contribution in [0.15, 0.2) is 0 Å². The van der Waals surface area contributed by atoms with E-state index < -0.39 is 0 Å². The van der Waals surface area contributed by atoms with Gasteiger partial charge in [-0.05, 0) is 20.8 Å². The summed E-state index contributed by atoms with van der Waals surface area (Å²) in [6, 6.07) is 0. The van der Waals surface area contributed by atoms with E-state index in [0.29, 0.717) is 6.61 Å². The van der Waals surface area contributed by atoms with Gasteiger partial charge in [-0.3, -0.25) is 0 Å². The zero-order chi connectivity index (χ0) is 18.7. The van der Waals surface area contributed by atoms with Gasteiger partial charge in [0.25, 0.3) is 0 Å².